The Morgan fingerprint density at radius 1 is 1.14 bits per heavy atom. The van der Waals surface area contributed by atoms with E-state index in [1.165, 1.54) is 51.2 Å². The molecule has 3 atom stereocenters. The number of fused-ring (bicyclic) bond motifs is 1. The highest BCUT2D eigenvalue weighted by molar-refractivity contribution is 7.90. The molecule has 0 spiro atoms. The molecule has 2 N–H and O–H groups in total. The van der Waals surface area contributed by atoms with E-state index in [1.54, 1.807) is 7.05 Å². The lowest BCUT2D eigenvalue weighted by Gasteiger charge is -2.39. The van der Waals surface area contributed by atoms with Crippen LogP contribution in [0.15, 0.2) is 4.99 Å². The first kappa shape index (κ1) is 16.6. The van der Waals surface area contributed by atoms with Crippen LogP contribution in [-0.2, 0) is 9.84 Å². The number of nitrogens with one attached hydrogen (secondary N) is 2. The van der Waals surface area contributed by atoms with Crippen molar-refractivity contribution in [1.29, 1.82) is 0 Å². The van der Waals surface area contributed by atoms with Gasteiger partial charge in [0.25, 0.3) is 0 Å². The maximum atomic E-state index is 11.1. The third kappa shape index (κ3) is 5.49. The number of hydrogen-bond acceptors (Lipinski definition) is 3. The van der Waals surface area contributed by atoms with Gasteiger partial charge in [-0.3, -0.25) is 4.99 Å². The van der Waals surface area contributed by atoms with E-state index >= 15 is 0 Å². The minimum absolute atomic E-state index is 0.142. The fraction of sp³-hybridized carbons (Fsp3) is 0.933. The average molecular weight is 315 g/mol. The molecule has 0 bridgehead atoms. The second kappa shape index (κ2) is 7.47. The van der Waals surface area contributed by atoms with Gasteiger partial charge in [-0.15, -0.1) is 0 Å². The van der Waals surface area contributed by atoms with Crippen LogP contribution < -0.4 is 10.6 Å². The monoisotopic (exact) mass is 315 g/mol. The molecule has 2 fully saturated rings. The Hall–Kier alpha value is -0.780. The van der Waals surface area contributed by atoms with Gasteiger partial charge < -0.3 is 10.6 Å². The summed E-state index contributed by atoms with van der Waals surface area (Å²) in [6.45, 7) is 0.414. The highest BCUT2D eigenvalue weighted by atomic mass is 32.2. The van der Waals surface area contributed by atoms with Crippen LogP contribution >= 0.6 is 0 Å². The maximum Gasteiger partial charge on any atom is 0.191 e. The van der Waals surface area contributed by atoms with E-state index in [-0.39, 0.29) is 5.75 Å². The zero-order valence-corrected chi connectivity index (χ0v) is 14.1. The highest BCUT2D eigenvalue weighted by Crippen LogP contribution is 2.40. The molecular formula is C15H29N3O2S. The zero-order chi connectivity index (χ0) is 15.3. The van der Waals surface area contributed by atoms with E-state index in [2.05, 4.69) is 15.6 Å². The van der Waals surface area contributed by atoms with Crippen LogP contribution in [0.2, 0.25) is 0 Å². The molecule has 2 aliphatic rings. The summed E-state index contributed by atoms with van der Waals surface area (Å²) in [5.41, 5.74) is 0. The molecular weight excluding hydrogens is 286 g/mol. The smallest absolute Gasteiger partial charge is 0.191 e. The van der Waals surface area contributed by atoms with Gasteiger partial charge in [-0.2, -0.15) is 0 Å². The second-order valence-corrected chi connectivity index (χ2v) is 8.85. The van der Waals surface area contributed by atoms with Crippen LogP contribution in [0.3, 0.4) is 0 Å². The van der Waals surface area contributed by atoms with Gasteiger partial charge >= 0.3 is 0 Å². The van der Waals surface area contributed by atoms with E-state index in [0.717, 1.165) is 17.8 Å². The van der Waals surface area contributed by atoms with E-state index < -0.39 is 9.84 Å². The summed E-state index contributed by atoms with van der Waals surface area (Å²) in [5.74, 6) is 2.69. The third-order valence-corrected chi connectivity index (χ3v) is 5.82. The Kier molecular flexibility index (Phi) is 5.90. The van der Waals surface area contributed by atoms with Crippen molar-refractivity contribution in [2.75, 3.05) is 25.6 Å². The summed E-state index contributed by atoms with van der Waals surface area (Å²) in [7, 11) is -1.18. The van der Waals surface area contributed by atoms with Crippen molar-refractivity contribution >= 4 is 15.8 Å². The Bertz CT molecular complexity index is 462. The first-order valence-corrected chi connectivity index (χ1v) is 10.2. The quantitative estimate of drug-likeness (QED) is 0.610. The van der Waals surface area contributed by atoms with Crippen LogP contribution in [0.1, 0.15) is 44.9 Å². The van der Waals surface area contributed by atoms with Crippen molar-refractivity contribution in [3.05, 3.63) is 0 Å². The minimum Gasteiger partial charge on any atom is -0.355 e. The van der Waals surface area contributed by atoms with E-state index in [9.17, 15) is 8.42 Å². The summed E-state index contributed by atoms with van der Waals surface area (Å²) in [5, 5.41) is 6.57. The van der Waals surface area contributed by atoms with Crippen LogP contribution in [0.4, 0.5) is 0 Å². The standard InChI is InChI=1S/C15H29N3O2S/c1-16-15(17-9-10-21(2,19)20)18-14-8-7-12-5-3-4-6-13(12)11-14/h12-14H,3-11H2,1-2H3,(H2,16,17,18). The molecule has 0 saturated heterocycles. The van der Waals surface area contributed by atoms with E-state index in [0.29, 0.717) is 12.6 Å². The summed E-state index contributed by atoms with van der Waals surface area (Å²) in [6, 6.07) is 0.480. The van der Waals surface area contributed by atoms with Crippen LogP contribution in [0.5, 0.6) is 0 Å². The molecule has 0 aliphatic heterocycles. The van der Waals surface area contributed by atoms with E-state index in [1.807, 2.05) is 0 Å². The lowest BCUT2D eigenvalue weighted by Crippen LogP contribution is -2.47. The predicted molar refractivity (Wildman–Crippen MR) is 87.3 cm³/mol. The summed E-state index contributed by atoms with van der Waals surface area (Å²) < 4.78 is 22.3. The molecule has 0 heterocycles. The van der Waals surface area contributed by atoms with Gasteiger partial charge in [0.15, 0.2) is 5.96 Å². The van der Waals surface area contributed by atoms with Crippen molar-refractivity contribution in [3.8, 4) is 0 Å². The fourth-order valence-corrected chi connectivity index (χ4v) is 4.22. The molecule has 0 aromatic heterocycles. The third-order valence-electron chi connectivity index (χ3n) is 4.87. The Morgan fingerprint density at radius 3 is 2.52 bits per heavy atom. The summed E-state index contributed by atoms with van der Waals surface area (Å²) in [4.78, 5) is 4.21. The molecule has 0 radical (unpaired) electrons. The van der Waals surface area contributed by atoms with Gasteiger partial charge in [-0.05, 0) is 31.1 Å². The molecule has 2 saturated carbocycles. The normalized spacial score (nSPS) is 30.6. The molecule has 6 heteroatoms. The van der Waals surface area contributed by atoms with Gasteiger partial charge in [0.1, 0.15) is 9.84 Å². The Labute approximate surface area is 128 Å². The Balaban J connectivity index is 1.77. The van der Waals surface area contributed by atoms with E-state index in [4.69, 9.17) is 0 Å². The molecule has 21 heavy (non-hydrogen) atoms. The van der Waals surface area contributed by atoms with Gasteiger partial charge in [0.05, 0.1) is 5.75 Å². The number of guanidine groups is 1. The zero-order valence-electron chi connectivity index (χ0n) is 13.3. The topological polar surface area (TPSA) is 70.6 Å². The number of hydrogen-bond donors (Lipinski definition) is 2. The lowest BCUT2D eigenvalue weighted by atomic mass is 9.69. The molecule has 3 unspecified atom stereocenters. The van der Waals surface area contributed by atoms with Crippen LogP contribution in [0.25, 0.3) is 0 Å². The SMILES string of the molecule is CN=C(NCCS(C)(=O)=O)NC1CCC2CCCCC2C1. The van der Waals surface area contributed by atoms with Crippen molar-refractivity contribution in [3.63, 3.8) is 0 Å². The number of nitrogens with zero attached hydrogens (tertiary/aromatic N) is 1. The predicted octanol–water partition coefficient (Wildman–Crippen LogP) is 1.55. The van der Waals surface area contributed by atoms with Gasteiger partial charge in [0.2, 0.25) is 0 Å². The summed E-state index contributed by atoms with van der Waals surface area (Å²) in [6.07, 6.45) is 10.6. The van der Waals surface area contributed by atoms with Crippen molar-refractivity contribution in [2.24, 2.45) is 16.8 Å². The fourth-order valence-electron chi connectivity index (χ4n) is 3.75. The van der Waals surface area contributed by atoms with Crippen LogP contribution in [-0.4, -0.2) is 46.0 Å². The minimum atomic E-state index is -2.92. The average Bonchev–Trinajstić information content (AvgIpc) is 2.45. The molecule has 2 rings (SSSR count). The lowest BCUT2D eigenvalue weighted by molar-refractivity contribution is 0.150. The highest BCUT2D eigenvalue weighted by Gasteiger charge is 2.32. The van der Waals surface area contributed by atoms with Crippen molar-refractivity contribution < 1.29 is 8.42 Å². The first-order valence-electron chi connectivity index (χ1n) is 8.13. The molecule has 0 aromatic carbocycles. The van der Waals surface area contributed by atoms with Crippen LogP contribution in [0, 0.1) is 11.8 Å². The largest absolute Gasteiger partial charge is 0.355 e. The number of rotatable bonds is 4. The number of aliphatic imine (C=N–C) groups is 1. The van der Waals surface area contributed by atoms with Gasteiger partial charge in [0, 0.05) is 25.9 Å². The maximum absolute atomic E-state index is 11.1. The van der Waals surface area contributed by atoms with Crippen molar-refractivity contribution in [2.45, 2.75) is 51.0 Å². The van der Waals surface area contributed by atoms with Gasteiger partial charge in [-0.25, -0.2) is 8.42 Å². The molecule has 5 nitrogen and oxygen atoms in total. The first-order chi connectivity index (χ1) is 9.98. The molecule has 122 valence electrons. The second-order valence-electron chi connectivity index (χ2n) is 6.59. The van der Waals surface area contributed by atoms with Crippen molar-refractivity contribution in [1.82, 2.24) is 10.6 Å². The molecule has 0 amide bonds. The molecule has 2 aliphatic carbocycles. The molecule has 0 aromatic rings. The Morgan fingerprint density at radius 2 is 1.86 bits per heavy atom. The van der Waals surface area contributed by atoms with Gasteiger partial charge in [-0.1, -0.05) is 25.7 Å². The summed E-state index contributed by atoms with van der Waals surface area (Å²) >= 11 is 0. The number of sulfone groups is 1.